The number of rotatable bonds is 4. The first-order valence-corrected chi connectivity index (χ1v) is 7.41. The zero-order valence-electron chi connectivity index (χ0n) is 11.7. The second-order valence-corrected chi connectivity index (χ2v) is 7.26. The van der Waals surface area contributed by atoms with E-state index in [-0.39, 0.29) is 5.41 Å². The maximum absolute atomic E-state index is 11.2. The average Bonchev–Trinajstić information content (AvgIpc) is 2.66. The van der Waals surface area contributed by atoms with Gasteiger partial charge >= 0.3 is 0 Å². The average molecular weight is 266 g/mol. The Morgan fingerprint density at radius 2 is 2.11 bits per heavy atom. The Balaban J connectivity index is 2.17. The van der Waals surface area contributed by atoms with Gasteiger partial charge < -0.3 is 4.90 Å². The largest absolute Gasteiger partial charge is 0.351 e. The lowest BCUT2D eigenvalue weighted by Gasteiger charge is -2.29. The van der Waals surface area contributed by atoms with Gasteiger partial charge in [-0.15, -0.1) is 0 Å². The molecule has 0 bridgehead atoms. The summed E-state index contributed by atoms with van der Waals surface area (Å²) in [5.41, 5.74) is 0.862. The van der Waals surface area contributed by atoms with Crippen LogP contribution < -0.4 is 4.90 Å². The van der Waals surface area contributed by atoms with E-state index in [1.54, 1.807) is 0 Å². The van der Waals surface area contributed by atoms with Crippen molar-refractivity contribution in [3.05, 3.63) is 10.6 Å². The van der Waals surface area contributed by atoms with Crippen LogP contribution in [0.2, 0.25) is 0 Å². The number of carbonyl (C=O) groups excluding carboxylic acids is 1. The molecular weight excluding hydrogens is 244 g/mol. The zero-order valence-corrected chi connectivity index (χ0v) is 12.5. The van der Waals surface area contributed by atoms with Crippen LogP contribution in [0.3, 0.4) is 0 Å². The van der Waals surface area contributed by atoms with E-state index in [2.05, 4.69) is 37.7 Å². The maximum atomic E-state index is 11.2. The van der Waals surface area contributed by atoms with Crippen molar-refractivity contribution in [1.82, 2.24) is 4.98 Å². The molecule has 1 aromatic rings. The molecule has 0 saturated heterocycles. The number of aldehydes is 1. The number of hydrogen-bond acceptors (Lipinski definition) is 4. The summed E-state index contributed by atoms with van der Waals surface area (Å²) in [6, 6.07) is 0. The lowest BCUT2D eigenvalue weighted by molar-refractivity contribution is 0.112. The van der Waals surface area contributed by atoms with Gasteiger partial charge in [0.2, 0.25) is 0 Å². The van der Waals surface area contributed by atoms with Gasteiger partial charge in [0.15, 0.2) is 11.4 Å². The number of hydrogen-bond donors (Lipinski definition) is 0. The van der Waals surface area contributed by atoms with E-state index in [9.17, 15) is 4.79 Å². The Morgan fingerprint density at radius 1 is 1.44 bits per heavy atom. The maximum Gasteiger partial charge on any atom is 0.185 e. The molecule has 0 radical (unpaired) electrons. The van der Waals surface area contributed by atoms with E-state index < -0.39 is 0 Å². The molecule has 0 N–H and O–H groups in total. The first-order chi connectivity index (χ1) is 8.41. The summed E-state index contributed by atoms with van der Waals surface area (Å²) in [5.74, 6) is 0.816. The minimum absolute atomic E-state index is 0.0672. The van der Waals surface area contributed by atoms with Gasteiger partial charge in [-0.3, -0.25) is 4.79 Å². The van der Waals surface area contributed by atoms with Crippen molar-refractivity contribution < 1.29 is 4.79 Å². The molecule has 0 unspecified atom stereocenters. The second-order valence-electron chi connectivity index (χ2n) is 6.25. The van der Waals surface area contributed by atoms with Crippen LogP contribution in [0.4, 0.5) is 5.13 Å². The van der Waals surface area contributed by atoms with Crippen molar-refractivity contribution in [2.75, 3.05) is 18.5 Å². The normalized spacial score (nSPS) is 16.4. The number of nitrogens with zero attached hydrogens (tertiary/aromatic N) is 2. The van der Waals surface area contributed by atoms with Gasteiger partial charge in [0, 0.05) is 19.0 Å². The van der Waals surface area contributed by atoms with Crippen LogP contribution in [-0.2, 0) is 5.41 Å². The van der Waals surface area contributed by atoms with Crippen LogP contribution in [0, 0.1) is 5.92 Å². The smallest absolute Gasteiger partial charge is 0.185 e. The van der Waals surface area contributed by atoms with Crippen molar-refractivity contribution in [3.8, 4) is 0 Å². The van der Waals surface area contributed by atoms with Gasteiger partial charge in [-0.1, -0.05) is 38.5 Å². The fourth-order valence-electron chi connectivity index (χ4n) is 2.24. The summed E-state index contributed by atoms with van der Waals surface area (Å²) in [4.78, 5) is 18.8. The highest BCUT2D eigenvalue weighted by Gasteiger charge is 2.25. The molecule has 0 aromatic carbocycles. The monoisotopic (exact) mass is 266 g/mol. The number of carbonyl (C=O) groups is 1. The molecule has 1 aliphatic carbocycles. The highest BCUT2D eigenvalue weighted by Crippen LogP contribution is 2.34. The predicted molar refractivity (Wildman–Crippen MR) is 76.8 cm³/mol. The first kappa shape index (κ1) is 13.5. The van der Waals surface area contributed by atoms with Gasteiger partial charge in [0.05, 0.1) is 10.6 Å². The molecule has 3 nitrogen and oxygen atoms in total. The fourth-order valence-corrected chi connectivity index (χ4v) is 3.30. The first-order valence-electron chi connectivity index (χ1n) is 6.59. The van der Waals surface area contributed by atoms with Crippen LogP contribution in [-0.4, -0.2) is 24.9 Å². The number of anilines is 1. The molecule has 0 atom stereocenters. The van der Waals surface area contributed by atoms with Crippen molar-refractivity contribution in [2.45, 2.75) is 45.4 Å². The Kier molecular flexibility index (Phi) is 3.76. The summed E-state index contributed by atoms with van der Waals surface area (Å²) in [6.07, 6.45) is 4.98. The highest BCUT2D eigenvalue weighted by molar-refractivity contribution is 7.17. The summed E-state index contributed by atoms with van der Waals surface area (Å²) in [7, 11) is 2.08. The van der Waals surface area contributed by atoms with Crippen LogP contribution in [0.25, 0.3) is 0 Å². The molecule has 100 valence electrons. The van der Waals surface area contributed by atoms with Crippen molar-refractivity contribution in [2.24, 2.45) is 5.92 Å². The molecule has 2 rings (SSSR count). The molecular formula is C14H22N2OS. The van der Waals surface area contributed by atoms with Gasteiger partial charge in [0.1, 0.15) is 0 Å². The highest BCUT2D eigenvalue weighted by atomic mass is 32.1. The van der Waals surface area contributed by atoms with Crippen LogP contribution in [0.15, 0.2) is 0 Å². The van der Waals surface area contributed by atoms with E-state index >= 15 is 0 Å². The predicted octanol–water partition coefficient (Wildman–Crippen LogP) is 3.49. The molecule has 1 saturated carbocycles. The number of thiazole rings is 1. The minimum Gasteiger partial charge on any atom is -0.351 e. The summed E-state index contributed by atoms with van der Waals surface area (Å²) in [6.45, 7) is 7.37. The van der Waals surface area contributed by atoms with E-state index in [0.717, 1.165) is 34.5 Å². The Bertz CT molecular complexity index is 429. The van der Waals surface area contributed by atoms with Gasteiger partial charge in [0.25, 0.3) is 0 Å². The Morgan fingerprint density at radius 3 is 2.50 bits per heavy atom. The van der Waals surface area contributed by atoms with E-state index in [1.165, 1.54) is 30.6 Å². The molecule has 0 spiro atoms. The quantitative estimate of drug-likeness (QED) is 0.782. The molecule has 0 aliphatic heterocycles. The SMILES string of the molecule is CN(CC1CCC1)c1nc(C(C)(C)C)c(C=O)s1. The molecule has 1 heterocycles. The third kappa shape index (κ3) is 2.74. The second kappa shape index (κ2) is 5.00. The molecule has 1 aromatic heterocycles. The summed E-state index contributed by atoms with van der Waals surface area (Å²) < 4.78 is 0. The van der Waals surface area contributed by atoms with Crippen molar-refractivity contribution in [3.63, 3.8) is 0 Å². The van der Waals surface area contributed by atoms with Crippen molar-refractivity contribution in [1.29, 1.82) is 0 Å². The lowest BCUT2D eigenvalue weighted by atomic mass is 9.85. The summed E-state index contributed by atoms with van der Waals surface area (Å²) >= 11 is 1.52. The van der Waals surface area contributed by atoms with Crippen LogP contribution in [0.5, 0.6) is 0 Å². The third-order valence-electron chi connectivity index (χ3n) is 3.54. The van der Waals surface area contributed by atoms with E-state index in [4.69, 9.17) is 0 Å². The van der Waals surface area contributed by atoms with Crippen LogP contribution in [0.1, 0.15) is 55.4 Å². The molecule has 1 aliphatic rings. The third-order valence-corrected chi connectivity index (χ3v) is 4.64. The minimum atomic E-state index is -0.0672. The number of aromatic nitrogens is 1. The summed E-state index contributed by atoms with van der Waals surface area (Å²) in [5, 5.41) is 0.980. The molecule has 4 heteroatoms. The Hall–Kier alpha value is -0.900. The standard InChI is InChI=1S/C14H22N2OS/c1-14(2,3)12-11(9-17)18-13(15-12)16(4)8-10-6-5-7-10/h9-10H,5-8H2,1-4H3. The van der Waals surface area contributed by atoms with Crippen LogP contribution >= 0.6 is 11.3 Å². The molecule has 1 fully saturated rings. The molecule has 18 heavy (non-hydrogen) atoms. The lowest BCUT2D eigenvalue weighted by Crippen LogP contribution is -2.29. The topological polar surface area (TPSA) is 33.2 Å². The fraction of sp³-hybridized carbons (Fsp3) is 0.714. The van der Waals surface area contributed by atoms with E-state index in [0.29, 0.717) is 0 Å². The molecule has 0 amide bonds. The van der Waals surface area contributed by atoms with Gasteiger partial charge in [-0.2, -0.15) is 0 Å². The van der Waals surface area contributed by atoms with Gasteiger partial charge in [-0.05, 0) is 18.8 Å². The van der Waals surface area contributed by atoms with Crippen molar-refractivity contribution >= 4 is 22.8 Å². The zero-order chi connectivity index (χ0) is 13.3. The van der Waals surface area contributed by atoms with Gasteiger partial charge in [-0.25, -0.2) is 4.98 Å². The van der Waals surface area contributed by atoms with E-state index in [1.807, 2.05) is 0 Å². The Labute approximate surface area is 113 Å².